The number of para-hydroxylation sites is 5. The average molecular weight is 736 g/mol. The van der Waals surface area contributed by atoms with Crippen LogP contribution < -0.4 is 26.2 Å². The Morgan fingerprint density at radius 3 is 1.60 bits per heavy atom. The molecule has 268 valence electrons. The van der Waals surface area contributed by atoms with E-state index in [-0.39, 0.29) is 6.71 Å². The molecule has 0 saturated carbocycles. The number of rotatable bonds is 4. The molecule has 0 unspecified atom stereocenters. The molecule has 0 saturated heterocycles. The Morgan fingerprint density at radius 1 is 0.328 bits per heavy atom. The highest BCUT2D eigenvalue weighted by atomic mass is 15.2. The van der Waals surface area contributed by atoms with Crippen molar-refractivity contribution in [3.63, 3.8) is 0 Å². The van der Waals surface area contributed by atoms with Gasteiger partial charge >= 0.3 is 0 Å². The lowest BCUT2D eigenvalue weighted by atomic mass is 9.33. The van der Waals surface area contributed by atoms with Gasteiger partial charge in [0.25, 0.3) is 6.71 Å². The molecule has 2 aliphatic rings. The van der Waals surface area contributed by atoms with Gasteiger partial charge in [0.05, 0.1) is 33.6 Å². The second-order valence-corrected chi connectivity index (χ2v) is 15.6. The molecule has 0 amide bonds. The third-order valence-corrected chi connectivity index (χ3v) is 12.7. The van der Waals surface area contributed by atoms with Gasteiger partial charge in [0.2, 0.25) is 0 Å². The number of benzene rings is 9. The summed E-state index contributed by atoms with van der Waals surface area (Å²) >= 11 is 0. The van der Waals surface area contributed by atoms with Gasteiger partial charge in [0.1, 0.15) is 0 Å². The summed E-state index contributed by atoms with van der Waals surface area (Å²) in [6, 6.07) is 76.1. The van der Waals surface area contributed by atoms with Crippen molar-refractivity contribution in [2.45, 2.75) is 0 Å². The Labute approximate surface area is 336 Å². The fraction of sp³-hybridized carbons (Fsp3) is 0. The summed E-state index contributed by atoms with van der Waals surface area (Å²) in [6.07, 6.45) is 0. The van der Waals surface area contributed by atoms with E-state index in [2.05, 4.69) is 220 Å². The van der Waals surface area contributed by atoms with Crippen LogP contribution >= 0.6 is 0 Å². The van der Waals surface area contributed by atoms with Gasteiger partial charge in [-0.3, -0.25) is 0 Å². The molecule has 0 fully saturated rings. The predicted octanol–water partition coefficient (Wildman–Crippen LogP) is 12.3. The zero-order valence-electron chi connectivity index (χ0n) is 31.5. The fourth-order valence-electron chi connectivity index (χ4n) is 10.5. The molecule has 3 nitrogen and oxygen atoms in total. The highest BCUT2D eigenvalue weighted by molar-refractivity contribution is 7.00. The molecular formula is C54H34BN3. The van der Waals surface area contributed by atoms with Crippen molar-refractivity contribution in [3.05, 3.63) is 206 Å². The van der Waals surface area contributed by atoms with Crippen LogP contribution in [0.5, 0.6) is 0 Å². The molecule has 4 heterocycles. The molecule has 0 aliphatic carbocycles. The van der Waals surface area contributed by atoms with E-state index in [1.165, 1.54) is 111 Å². The number of nitrogens with zero attached hydrogens (tertiary/aromatic N) is 3. The zero-order valence-corrected chi connectivity index (χ0v) is 31.5. The second kappa shape index (κ2) is 12.0. The molecule has 0 radical (unpaired) electrons. The van der Waals surface area contributed by atoms with Crippen LogP contribution in [0.1, 0.15) is 0 Å². The molecule has 11 aromatic rings. The van der Waals surface area contributed by atoms with Crippen LogP contribution in [0, 0.1) is 0 Å². The molecule has 0 spiro atoms. The fourth-order valence-corrected chi connectivity index (χ4v) is 10.5. The number of anilines is 6. The third-order valence-electron chi connectivity index (χ3n) is 12.7. The summed E-state index contributed by atoms with van der Waals surface area (Å²) in [6.45, 7) is 0.0129. The average Bonchev–Trinajstić information content (AvgIpc) is 3.82. The molecule has 58 heavy (non-hydrogen) atoms. The molecule has 2 aliphatic heterocycles. The number of fused-ring (bicyclic) bond motifs is 11. The normalized spacial score (nSPS) is 13.1. The van der Waals surface area contributed by atoms with E-state index in [1.807, 2.05) is 0 Å². The van der Waals surface area contributed by atoms with Crippen molar-refractivity contribution >= 4 is 95.3 Å². The maximum absolute atomic E-state index is 2.61. The molecular weight excluding hydrogens is 701 g/mol. The zero-order chi connectivity index (χ0) is 37.9. The smallest absolute Gasteiger partial charge is 0.252 e. The Balaban J connectivity index is 1.18. The number of aromatic nitrogens is 1. The molecule has 2 aromatic heterocycles. The Hall–Kier alpha value is -7.56. The van der Waals surface area contributed by atoms with Gasteiger partial charge in [0, 0.05) is 49.7 Å². The minimum Gasteiger partial charge on any atom is -0.311 e. The van der Waals surface area contributed by atoms with E-state index >= 15 is 0 Å². The van der Waals surface area contributed by atoms with Crippen LogP contribution in [0.25, 0.3) is 60.3 Å². The number of hydrogen-bond donors (Lipinski definition) is 0. The van der Waals surface area contributed by atoms with Crippen molar-refractivity contribution in [2.75, 3.05) is 9.80 Å². The van der Waals surface area contributed by atoms with E-state index in [4.69, 9.17) is 0 Å². The van der Waals surface area contributed by atoms with Crippen molar-refractivity contribution < 1.29 is 0 Å². The topological polar surface area (TPSA) is 10.9 Å². The van der Waals surface area contributed by atoms with Gasteiger partial charge in [-0.05, 0) is 70.0 Å². The van der Waals surface area contributed by atoms with Crippen LogP contribution in [0.2, 0.25) is 0 Å². The summed E-state index contributed by atoms with van der Waals surface area (Å²) in [5.41, 5.74) is 19.7. The largest absolute Gasteiger partial charge is 0.311 e. The number of hydrogen-bond acceptors (Lipinski definition) is 2. The predicted molar refractivity (Wildman–Crippen MR) is 246 cm³/mol. The quantitative estimate of drug-likeness (QED) is 0.167. The van der Waals surface area contributed by atoms with Crippen LogP contribution in [-0.2, 0) is 0 Å². The van der Waals surface area contributed by atoms with Crippen molar-refractivity contribution in [1.29, 1.82) is 0 Å². The van der Waals surface area contributed by atoms with E-state index in [0.717, 1.165) is 0 Å². The van der Waals surface area contributed by atoms with Gasteiger partial charge in [-0.1, -0.05) is 164 Å². The highest BCUT2D eigenvalue weighted by Gasteiger charge is 2.44. The maximum atomic E-state index is 2.61. The molecule has 0 N–H and O–H groups in total. The summed E-state index contributed by atoms with van der Waals surface area (Å²) in [4.78, 5) is 5.12. The van der Waals surface area contributed by atoms with E-state index in [0.29, 0.717) is 0 Å². The minimum atomic E-state index is 0.0129. The molecule has 9 aromatic carbocycles. The van der Waals surface area contributed by atoms with E-state index in [9.17, 15) is 0 Å². The van der Waals surface area contributed by atoms with Gasteiger partial charge in [-0.2, -0.15) is 0 Å². The third kappa shape index (κ3) is 4.18. The highest BCUT2D eigenvalue weighted by Crippen LogP contribution is 2.51. The second-order valence-electron chi connectivity index (χ2n) is 15.6. The van der Waals surface area contributed by atoms with E-state index in [1.54, 1.807) is 0 Å². The van der Waals surface area contributed by atoms with Crippen molar-refractivity contribution in [3.8, 4) is 22.3 Å². The van der Waals surface area contributed by atoms with Gasteiger partial charge < -0.3 is 14.2 Å². The lowest BCUT2D eigenvalue weighted by Crippen LogP contribution is -2.61. The Morgan fingerprint density at radius 2 is 0.862 bits per heavy atom. The lowest BCUT2D eigenvalue weighted by molar-refractivity contribution is 1.26. The van der Waals surface area contributed by atoms with Gasteiger partial charge in [-0.15, -0.1) is 0 Å². The van der Waals surface area contributed by atoms with Crippen LogP contribution in [0.3, 0.4) is 0 Å². The van der Waals surface area contributed by atoms with E-state index < -0.39 is 0 Å². The monoisotopic (exact) mass is 735 g/mol. The van der Waals surface area contributed by atoms with Crippen LogP contribution in [0.15, 0.2) is 206 Å². The standard InChI is InChI=1S/C54H34BN3/c1-3-17-35(18-4-1)37-21-7-11-27-44(37)56-47-30-14-10-26-42(47)55-43-33-34-48-51(41-25-15-24-40-39-23-9-13-29-46(39)57(48)53(40)41)54(43)58(50-32-16-31-49(56)52(50)55)45-28-12-8-22-38(45)36-19-5-2-6-20-36/h1-34H. The first kappa shape index (κ1) is 31.6. The summed E-state index contributed by atoms with van der Waals surface area (Å²) in [5, 5.41) is 5.16. The Kier molecular flexibility index (Phi) is 6.53. The van der Waals surface area contributed by atoms with Crippen molar-refractivity contribution in [2.24, 2.45) is 0 Å². The first-order valence-corrected chi connectivity index (χ1v) is 20.2. The lowest BCUT2D eigenvalue weighted by Gasteiger charge is -2.45. The summed E-state index contributed by atoms with van der Waals surface area (Å²) < 4.78 is 2.51. The first-order chi connectivity index (χ1) is 28.8. The Bertz CT molecular complexity index is 3420. The maximum Gasteiger partial charge on any atom is 0.252 e. The SMILES string of the molecule is c1ccc(-c2ccccc2N2c3ccccc3B3c4ccc5c(c4N(c4ccccc4-c4ccccc4)c4cccc2c43)c2cccc3c4ccccc4n5c32)cc1. The molecule has 0 bridgehead atoms. The van der Waals surface area contributed by atoms with Gasteiger partial charge in [-0.25, -0.2) is 0 Å². The van der Waals surface area contributed by atoms with Crippen LogP contribution in [0.4, 0.5) is 34.1 Å². The first-order valence-electron chi connectivity index (χ1n) is 20.2. The molecule has 0 atom stereocenters. The van der Waals surface area contributed by atoms with Gasteiger partial charge in [0.15, 0.2) is 0 Å². The van der Waals surface area contributed by atoms with Crippen LogP contribution in [-0.4, -0.2) is 11.1 Å². The summed E-state index contributed by atoms with van der Waals surface area (Å²) in [7, 11) is 0. The molecule has 13 rings (SSSR count). The minimum absolute atomic E-state index is 0.0129. The van der Waals surface area contributed by atoms with Crippen molar-refractivity contribution in [1.82, 2.24) is 4.40 Å². The molecule has 4 heteroatoms. The summed E-state index contributed by atoms with van der Waals surface area (Å²) in [5.74, 6) is 0.